The summed E-state index contributed by atoms with van der Waals surface area (Å²) in [6.07, 6.45) is 0.521. The van der Waals surface area contributed by atoms with Crippen LogP contribution < -0.4 is 5.73 Å². The molecule has 5 nitrogen and oxygen atoms in total. The van der Waals surface area contributed by atoms with Crippen molar-refractivity contribution < 1.29 is 14.7 Å². The molecule has 1 aliphatic rings. The minimum atomic E-state index is -0.910. The summed E-state index contributed by atoms with van der Waals surface area (Å²) < 4.78 is 0. The average Bonchev–Trinajstić information content (AvgIpc) is 2.53. The van der Waals surface area contributed by atoms with Gasteiger partial charge in [-0.15, -0.1) is 0 Å². The van der Waals surface area contributed by atoms with Crippen molar-refractivity contribution in [3.63, 3.8) is 0 Å². The van der Waals surface area contributed by atoms with Crippen LogP contribution in [0.25, 0.3) is 0 Å². The second-order valence-electron chi connectivity index (χ2n) is 3.69. The molecule has 0 aromatic carbocycles. The van der Waals surface area contributed by atoms with Crippen LogP contribution in [-0.2, 0) is 4.79 Å². The van der Waals surface area contributed by atoms with Gasteiger partial charge in [-0.3, -0.25) is 4.79 Å². The Balaban J connectivity index is 2.55. The summed E-state index contributed by atoms with van der Waals surface area (Å²) in [5.74, 6) is -0.391. The van der Waals surface area contributed by atoms with E-state index in [9.17, 15) is 9.59 Å². The third kappa shape index (κ3) is 2.16. The van der Waals surface area contributed by atoms with Gasteiger partial charge >= 0.3 is 6.09 Å². The summed E-state index contributed by atoms with van der Waals surface area (Å²) in [6.45, 7) is 2.86. The Hall–Kier alpha value is -1.26. The van der Waals surface area contributed by atoms with E-state index in [1.54, 1.807) is 0 Å². The van der Waals surface area contributed by atoms with Gasteiger partial charge in [0.2, 0.25) is 5.91 Å². The maximum atomic E-state index is 11.1. The Morgan fingerprint density at radius 3 is 2.64 bits per heavy atom. The van der Waals surface area contributed by atoms with Gasteiger partial charge in [-0.1, -0.05) is 6.92 Å². The highest BCUT2D eigenvalue weighted by molar-refractivity contribution is 5.77. The quantitative estimate of drug-likeness (QED) is 0.695. The van der Waals surface area contributed by atoms with E-state index in [0.29, 0.717) is 19.5 Å². The number of carboxylic acid groups (broad SMARTS) is 1. The Bertz CT molecular complexity index is 242. The van der Waals surface area contributed by atoms with Gasteiger partial charge < -0.3 is 15.7 Å². The number of amides is 2. The minimum Gasteiger partial charge on any atom is -0.465 e. The van der Waals surface area contributed by atoms with Crippen LogP contribution in [-0.4, -0.2) is 35.1 Å². The standard InChI is InChI=1S/C9H16N2O3/c1-2-7(8(10)12)6-3-4-11(5-6)9(13)14/h6-7H,2-5H2,1H3,(H2,10,12)(H,13,14)/t6-,7?/m1/s1. The number of rotatable bonds is 3. The number of carbonyl (C=O) groups excluding carboxylic acids is 1. The van der Waals surface area contributed by atoms with Crippen molar-refractivity contribution in [2.24, 2.45) is 17.6 Å². The molecule has 0 aromatic rings. The average molecular weight is 200 g/mol. The molecule has 0 spiro atoms. The van der Waals surface area contributed by atoms with Crippen LogP contribution in [0.15, 0.2) is 0 Å². The lowest BCUT2D eigenvalue weighted by Crippen LogP contribution is -2.33. The van der Waals surface area contributed by atoms with Crippen LogP contribution in [0.5, 0.6) is 0 Å². The Morgan fingerprint density at radius 2 is 2.29 bits per heavy atom. The molecule has 14 heavy (non-hydrogen) atoms. The monoisotopic (exact) mass is 200 g/mol. The highest BCUT2D eigenvalue weighted by Crippen LogP contribution is 2.26. The molecule has 1 unspecified atom stereocenters. The fourth-order valence-corrected chi connectivity index (χ4v) is 2.06. The van der Waals surface area contributed by atoms with Crippen LogP contribution in [0.2, 0.25) is 0 Å². The lowest BCUT2D eigenvalue weighted by Gasteiger charge is -2.18. The molecule has 1 aliphatic heterocycles. The van der Waals surface area contributed by atoms with Crippen LogP contribution in [0, 0.1) is 11.8 Å². The fraction of sp³-hybridized carbons (Fsp3) is 0.778. The zero-order valence-electron chi connectivity index (χ0n) is 8.27. The number of primary amides is 1. The summed E-state index contributed by atoms with van der Waals surface area (Å²) in [5, 5.41) is 8.73. The summed E-state index contributed by atoms with van der Waals surface area (Å²) in [4.78, 5) is 23.0. The van der Waals surface area contributed by atoms with Gasteiger partial charge in [-0.25, -0.2) is 4.79 Å². The summed E-state index contributed by atoms with van der Waals surface area (Å²) in [6, 6.07) is 0. The molecule has 1 fully saturated rings. The van der Waals surface area contributed by atoms with Gasteiger partial charge in [0.05, 0.1) is 0 Å². The second-order valence-corrected chi connectivity index (χ2v) is 3.69. The Kier molecular flexibility index (Phi) is 3.33. The zero-order valence-corrected chi connectivity index (χ0v) is 8.27. The molecule has 2 amide bonds. The first-order valence-corrected chi connectivity index (χ1v) is 4.83. The van der Waals surface area contributed by atoms with Crippen molar-refractivity contribution >= 4 is 12.0 Å². The third-order valence-electron chi connectivity index (χ3n) is 2.87. The highest BCUT2D eigenvalue weighted by Gasteiger charge is 2.33. The van der Waals surface area contributed by atoms with Crippen molar-refractivity contribution in [3.05, 3.63) is 0 Å². The first kappa shape index (κ1) is 10.8. The van der Waals surface area contributed by atoms with Crippen LogP contribution in [0.1, 0.15) is 19.8 Å². The lowest BCUT2D eigenvalue weighted by molar-refractivity contribution is -0.123. The van der Waals surface area contributed by atoms with Crippen LogP contribution >= 0.6 is 0 Å². The number of nitrogens with two attached hydrogens (primary N) is 1. The predicted octanol–water partition coefficient (Wildman–Crippen LogP) is 0.498. The van der Waals surface area contributed by atoms with Crippen molar-refractivity contribution in [2.75, 3.05) is 13.1 Å². The van der Waals surface area contributed by atoms with E-state index in [2.05, 4.69) is 0 Å². The molecule has 1 rings (SSSR count). The SMILES string of the molecule is CCC(C(N)=O)[C@@H]1CCN(C(=O)O)C1. The van der Waals surface area contributed by atoms with E-state index in [1.807, 2.05) is 6.92 Å². The smallest absolute Gasteiger partial charge is 0.407 e. The largest absolute Gasteiger partial charge is 0.465 e. The minimum absolute atomic E-state index is 0.105. The summed E-state index contributed by atoms with van der Waals surface area (Å²) >= 11 is 0. The molecule has 5 heteroatoms. The molecule has 0 aromatic heterocycles. The topological polar surface area (TPSA) is 83.6 Å². The van der Waals surface area contributed by atoms with Gasteiger partial charge in [0.15, 0.2) is 0 Å². The molecule has 0 bridgehead atoms. The third-order valence-corrected chi connectivity index (χ3v) is 2.87. The number of hydrogen-bond acceptors (Lipinski definition) is 2. The molecule has 1 saturated heterocycles. The van der Waals surface area contributed by atoms with Crippen molar-refractivity contribution in [3.8, 4) is 0 Å². The Morgan fingerprint density at radius 1 is 1.64 bits per heavy atom. The molecule has 3 N–H and O–H groups in total. The first-order chi connectivity index (χ1) is 6.56. The van der Waals surface area contributed by atoms with E-state index in [4.69, 9.17) is 10.8 Å². The maximum Gasteiger partial charge on any atom is 0.407 e. The van der Waals surface area contributed by atoms with E-state index < -0.39 is 6.09 Å². The lowest BCUT2D eigenvalue weighted by atomic mass is 9.89. The van der Waals surface area contributed by atoms with Crippen molar-refractivity contribution in [2.45, 2.75) is 19.8 Å². The number of nitrogens with zero attached hydrogens (tertiary/aromatic N) is 1. The van der Waals surface area contributed by atoms with Gasteiger partial charge in [-0.05, 0) is 18.8 Å². The maximum absolute atomic E-state index is 11.1. The van der Waals surface area contributed by atoms with Gasteiger partial charge in [0, 0.05) is 19.0 Å². The molecular formula is C9H16N2O3. The van der Waals surface area contributed by atoms with Crippen LogP contribution in [0.3, 0.4) is 0 Å². The summed E-state index contributed by atoms with van der Waals surface area (Å²) in [7, 11) is 0. The highest BCUT2D eigenvalue weighted by atomic mass is 16.4. The van der Waals surface area contributed by atoms with Gasteiger partial charge in [-0.2, -0.15) is 0 Å². The van der Waals surface area contributed by atoms with Crippen LogP contribution in [0.4, 0.5) is 4.79 Å². The van der Waals surface area contributed by atoms with E-state index in [1.165, 1.54) is 4.90 Å². The molecular weight excluding hydrogens is 184 g/mol. The summed E-state index contributed by atoms with van der Waals surface area (Å²) in [5.41, 5.74) is 5.24. The molecule has 2 atom stereocenters. The second kappa shape index (κ2) is 4.30. The normalized spacial score (nSPS) is 23.5. The molecule has 80 valence electrons. The zero-order chi connectivity index (χ0) is 10.7. The van der Waals surface area contributed by atoms with Crippen molar-refractivity contribution in [1.29, 1.82) is 0 Å². The Labute approximate surface area is 82.9 Å². The predicted molar refractivity (Wildman–Crippen MR) is 50.7 cm³/mol. The van der Waals surface area contributed by atoms with Gasteiger partial charge in [0.1, 0.15) is 0 Å². The molecule has 0 saturated carbocycles. The molecule has 0 radical (unpaired) electrons. The number of likely N-dealkylation sites (tertiary alicyclic amines) is 1. The van der Waals surface area contributed by atoms with Crippen molar-refractivity contribution in [1.82, 2.24) is 4.90 Å². The van der Waals surface area contributed by atoms with E-state index >= 15 is 0 Å². The molecule has 1 heterocycles. The van der Waals surface area contributed by atoms with Gasteiger partial charge in [0.25, 0.3) is 0 Å². The van der Waals surface area contributed by atoms with E-state index in [-0.39, 0.29) is 17.7 Å². The molecule has 0 aliphatic carbocycles. The first-order valence-electron chi connectivity index (χ1n) is 4.83. The van der Waals surface area contributed by atoms with E-state index in [0.717, 1.165) is 6.42 Å². The number of hydrogen-bond donors (Lipinski definition) is 2. The number of carbonyl (C=O) groups is 2. The fourth-order valence-electron chi connectivity index (χ4n) is 2.06.